The van der Waals surface area contributed by atoms with Crippen LogP contribution in [-0.2, 0) is 5.41 Å². The summed E-state index contributed by atoms with van der Waals surface area (Å²) in [5.74, 6) is 0. The van der Waals surface area contributed by atoms with Crippen molar-refractivity contribution in [2.24, 2.45) is 0 Å². The fourth-order valence-corrected chi connectivity index (χ4v) is 2.74. The first kappa shape index (κ1) is 11.6. The van der Waals surface area contributed by atoms with Gasteiger partial charge in [-0.25, -0.2) is 0 Å². The third-order valence-corrected chi connectivity index (χ3v) is 3.85. The Hall–Kier alpha value is -0.860. The number of likely N-dealkylation sites (tertiary alicyclic amines) is 1. The van der Waals surface area contributed by atoms with Crippen molar-refractivity contribution in [2.75, 3.05) is 33.7 Å². The molecule has 2 nitrogen and oxygen atoms in total. The third-order valence-electron chi connectivity index (χ3n) is 3.85. The number of benzene rings is 1. The van der Waals surface area contributed by atoms with Gasteiger partial charge in [0, 0.05) is 12.0 Å². The van der Waals surface area contributed by atoms with Gasteiger partial charge in [-0.1, -0.05) is 30.3 Å². The van der Waals surface area contributed by atoms with E-state index in [0.717, 1.165) is 6.54 Å². The first-order valence-corrected chi connectivity index (χ1v) is 6.15. The van der Waals surface area contributed by atoms with Crippen LogP contribution in [0.1, 0.15) is 18.4 Å². The maximum atomic E-state index is 3.37. The number of piperidine rings is 1. The molecule has 88 valence electrons. The van der Waals surface area contributed by atoms with E-state index < -0.39 is 0 Å². The minimum atomic E-state index is 0.350. The molecule has 0 bridgehead atoms. The molecule has 0 unspecified atom stereocenters. The normalized spacial score (nSPS) is 20.9. The zero-order valence-corrected chi connectivity index (χ0v) is 10.4. The summed E-state index contributed by atoms with van der Waals surface area (Å²) in [5.41, 5.74) is 1.85. The summed E-state index contributed by atoms with van der Waals surface area (Å²) >= 11 is 0. The average molecular weight is 218 g/mol. The number of rotatable bonds is 3. The highest BCUT2D eigenvalue weighted by molar-refractivity contribution is 5.26. The average Bonchev–Trinajstić information content (AvgIpc) is 2.34. The van der Waals surface area contributed by atoms with Crippen LogP contribution in [0.25, 0.3) is 0 Å². The highest BCUT2D eigenvalue weighted by Gasteiger charge is 2.34. The minimum absolute atomic E-state index is 0.350. The molecule has 0 radical (unpaired) electrons. The molecule has 0 atom stereocenters. The van der Waals surface area contributed by atoms with Crippen LogP contribution in [0.3, 0.4) is 0 Å². The Morgan fingerprint density at radius 2 is 1.81 bits per heavy atom. The number of likely N-dealkylation sites (N-methyl/N-ethyl adjacent to an activating group) is 1. The molecule has 0 spiro atoms. The van der Waals surface area contributed by atoms with Crippen molar-refractivity contribution in [3.8, 4) is 0 Å². The second-order valence-electron chi connectivity index (χ2n) is 4.98. The molecular weight excluding hydrogens is 196 g/mol. The Kier molecular flexibility index (Phi) is 3.62. The Morgan fingerprint density at radius 3 is 2.38 bits per heavy atom. The second kappa shape index (κ2) is 4.98. The van der Waals surface area contributed by atoms with Crippen molar-refractivity contribution in [1.82, 2.24) is 10.2 Å². The van der Waals surface area contributed by atoms with E-state index in [4.69, 9.17) is 0 Å². The molecule has 1 aliphatic rings. The van der Waals surface area contributed by atoms with Gasteiger partial charge >= 0.3 is 0 Å². The first-order chi connectivity index (χ1) is 7.77. The van der Waals surface area contributed by atoms with Crippen molar-refractivity contribution >= 4 is 0 Å². The zero-order chi connectivity index (χ0) is 11.4. The van der Waals surface area contributed by atoms with Gasteiger partial charge < -0.3 is 10.2 Å². The van der Waals surface area contributed by atoms with Crippen LogP contribution in [0.4, 0.5) is 0 Å². The summed E-state index contributed by atoms with van der Waals surface area (Å²) in [6.07, 6.45) is 2.52. The summed E-state index contributed by atoms with van der Waals surface area (Å²) in [4.78, 5) is 2.43. The number of hydrogen-bond acceptors (Lipinski definition) is 2. The van der Waals surface area contributed by atoms with Gasteiger partial charge in [0.1, 0.15) is 0 Å². The predicted molar refractivity (Wildman–Crippen MR) is 68.8 cm³/mol. The molecule has 16 heavy (non-hydrogen) atoms. The first-order valence-electron chi connectivity index (χ1n) is 6.15. The topological polar surface area (TPSA) is 15.3 Å². The predicted octanol–water partition coefficient (Wildman–Crippen LogP) is 1.87. The molecule has 0 saturated carbocycles. The fourth-order valence-electron chi connectivity index (χ4n) is 2.74. The molecule has 1 heterocycles. The SMILES string of the molecule is CNCC1(c2ccccc2)CCN(C)CC1. The second-order valence-corrected chi connectivity index (χ2v) is 4.98. The summed E-state index contributed by atoms with van der Waals surface area (Å²) < 4.78 is 0. The van der Waals surface area contributed by atoms with Crippen molar-refractivity contribution in [1.29, 1.82) is 0 Å². The molecule has 1 N–H and O–H groups in total. The van der Waals surface area contributed by atoms with Crippen LogP contribution in [-0.4, -0.2) is 38.6 Å². The van der Waals surface area contributed by atoms with Crippen LogP contribution in [0.2, 0.25) is 0 Å². The van der Waals surface area contributed by atoms with E-state index in [2.05, 4.69) is 54.6 Å². The van der Waals surface area contributed by atoms with Crippen LogP contribution >= 0.6 is 0 Å². The lowest BCUT2D eigenvalue weighted by molar-refractivity contribution is 0.185. The Balaban J connectivity index is 2.22. The third kappa shape index (κ3) is 2.28. The molecule has 1 aliphatic heterocycles. The minimum Gasteiger partial charge on any atom is -0.319 e. The molecule has 1 aromatic rings. The van der Waals surface area contributed by atoms with Crippen molar-refractivity contribution in [2.45, 2.75) is 18.3 Å². The van der Waals surface area contributed by atoms with Gasteiger partial charge in [0.25, 0.3) is 0 Å². The molecular formula is C14H22N2. The smallest absolute Gasteiger partial charge is 0.0102 e. The lowest BCUT2D eigenvalue weighted by Crippen LogP contribution is -2.46. The van der Waals surface area contributed by atoms with Crippen molar-refractivity contribution in [3.63, 3.8) is 0 Å². The largest absolute Gasteiger partial charge is 0.319 e. The summed E-state index contributed by atoms with van der Waals surface area (Å²) in [6, 6.07) is 11.0. The monoisotopic (exact) mass is 218 g/mol. The maximum Gasteiger partial charge on any atom is 0.0102 e. The van der Waals surface area contributed by atoms with Gasteiger partial charge in [-0.3, -0.25) is 0 Å². The number of hydrogen-bond donors (Lipinski definition) is 1. The van der Waals surface area contributed by atoms with Crippen molar-refractivity contribution < 1.29 is 0 Å². The van der Waals surface area contributed by atoms with E-state index in [0.29, 0.717) is 5.41 Å². The van der Waals surface area contributed by atoms with E-state index in [1.807, 2.05) is 0 Å². The molecule has 2 heteroatoms. The summed E-state index contributed by atoms with van der Waals surface area (Å²) in [5, 5.41) is 3.37. The van der Waals surface area contributed by atoms with E-state index in [1.165, 1.54) is 31.5 Å². The van der Waals surface area contributed by atoms with Gasteiger partial charge in [0.15, 0.2) is 0 Å². The fraction of sp³-hybridized carbons (Fsp3) is 0.571. The highest BCUT2D eigenvalue weighted by atomic mass is 15.1. The van der Waals surface area contributed by atoms with E-state index in [1.54, 1.807) is 0 Å². The van der Waals surface area contributed by atoms with Gasteiger partial charge in [0.05, 0.1) is 0 Å². The molecule has 0 aliphatic carbocycles. The molecule has 2 rings (SSSR count). The van der Waals surface area contributed by atoms with Gasteiger partial charge in [0.2, 0.25) is 0 Å². The Bertz CT molecular complexity index is 313. The molecule has 0 aromatic heterocycles. The molecule has 1 saturated heterocycles. The summed E-state index contributed by atoms with van der Waals surface area (Å²) in [7, 11) is 4.28. The molecule has 1 aromatic carbocycles. The molecule has 1 fully saturated rings. The van der Waals surface area contributed by atoms with Crippen LogP contribution in [0.15, 0.2) is 30.3 Å². The Labute approximate surface area is 98.7 Å². The lowest BCUT2D eigenvalue weighted by atomic mass is 9.73. The van der Waals surface area contributed by atoms with Crippen LogP contribution in [0.5, 0.6) is 0 Å². The van der Waals surface area contributed by atoms with Gasteiger partial charge in [-0.15, -0.1) is 0 Å². The van der Waals surface area contributed by atoms with Crippen LogP contribution < -0.4 is 5.32 Å². The van der Waals surface area contributed by atoms with Gasteiger partial charge in [-0.2, -0.15) is 0 Å². The number of nitrogens with one attached hydrogen (secondary N) is 1. The van der Waals surface area contributed by atoms with Crippen molar-refractivity contribution in [3.05, 3.63) is 35.9 Å². The van der Waals surface area contributed by atoms with E-state index in [-0.39, 0.29) is 0 Å². The standard InChI is InChI=1S/C14H22N2/c1-15-12-14(8-10-16(2)11-9-14)13-6-4-3-5-7-13/h3-7,15H,8-12H2,1-2H3. The lowest BCUT2D eigenvalue weighted by Gasteiger charge is -2.41. The maximum absolute atomic E-state index is 3.37. The number of nitrogens with zero attached hydrogens (tertiary/aromatic N) is 1. The summed E-state index contributed by atoms with van der Waals surface area (Å²) in [6.45, 7) is 3.50. The molecule has 0 amide bonds. The van der Waals surface area contributed by atoms with Crippen LogP contribution in [0, 0.1) is 0 Å². The Morgan fingerprint density at radius 1 is 1.19 bits per heavy atom. The van der Waals surface area contributed by atoms with E-state index in [9.17, 15) is 0 Å². The zero-order valence-electron chi connectivity index (χ0n) is 10.4. The quantitative estimate of drug-likeness (QED) is 0.833. The highest BCUT2D eigenvalue weighted by Crippen LogP contribution is 2.34. The van der Waals surface area contributed by atoms with E-state index >= 15 is 0 Å². The van der Waals surface area contributed by atoms with Gasteiger partial charge in [-0.05, 0) is 45.6 Å².